The molecule has 1 aromatic heterocycles. The van der Waals surface area contributed by atoms with E-state index in [0.717, 1.165) is 37.3 Å². The number of aryl methyl sites for hydroxylation is 1. The first-order chi connectivity index (χ1) is 9.72. The van der Waals surface area contributed by atoms with Crippen LogP contribution in [0.3, 0.4) is 0 Å². The summed E-state index contributed by atoms with van der Waals surface area (Å²) in [6, 6.07) is 2.75. The number of carbonyl (C=O) groups is 1. The quantitative estimate of drug-likeness (QED) is 0.851. The van der Waals surface area contributed by atoms with Gasteiger partial charge in [0.1, 0.15) is 5.76 Å². The van der Waals surface area contributed by atoms with E-state index in [-0.39, 0.29) is 5.91 Å². The van der Waals surface area contributed by atoms with Gasteiger partial charge in [-0.3, -0.25) is 9.69 Å². The molecular weight excluding hydrogens is 252 g/mol. The van der Waals surface area contributed by atoms with Gasteiger partial charge in [0.05, 0.1) is 11.8 Å². The molecule has 4 heteroatoms. The van der Waals surface area contributed by atoms with Crippen molar-refractivity contribution in [3.05, 3.63) is 23.7 Å². The van der Waals surface area contributed by atoms with Crippen LogP contribution in [-0.4, -0.2) is 47.4 Å². The summed E-state index contributed by atoms with van der Waals surface area (Å²) in [5, 5.41) is 0. The van der Waals surface area contributed by atoms with E-state index in [4.69, 9.17) is 4.42 Å². The first kappa shape index (κ1) is 13.7. The molecule has 0 aliphatic carbocycles. The van der Waals surface area contributed by atoms with E-state index in [1.54, 1.807) is 12.3 Å². The van der Waals surface area contributed by atoms with Crippen molar-refractivity contribution in [2.24, 2.45) is 0 Å². The highest BCUT2D eigenvalue weighted by Crippen LogP contribution is 2.31. The molecule has 1 aromatic rings. The number of nitrogens with zero attached hydrogens (tertiary/aromatic N) is 2. The maximum atomic E-state index is 12.7. The molecule has 2 atom stereocenters. The lowest BCUT2D eigenvalue weighted by Crippen LogP contribution is -2.48. The predicted octanol–water partition coefficient (Wildman–Crippen LogP) is 2.68. The van der Waals surface area contributed by atoms with Gasteiger partial charge in [-0.2, -0.15) is 0 Å². The zero-order valence-corrected chi connectivity index (χ0v) is 12.5. The first-order valence-electron chi connectivity index (χ1n) is 7.81. The Kier molecular flexibility index (Phi) is 3.83. The Morgan fingerprint density at radius 2 is 2.05 bits per heavy atom. The average Bonchev–Trinajstić information content (AvgIpc) is 3.17. The molecule has 4 nitrogen and oxygen atoms in total. The number of carbonyl (C=O) groups excluding carboxylic acids is 1. The van der Waals surface area contributed by atoms with Gasteiger partial charge in [0.25, 0.3) is 5.91 Å². The molecule has 0 unspecified atom stereocenters. The van der Waals surface area contributed by atoms with Crippen LogP contribution >= 0.6 is 0 Å². The van der Waals surface area contributed by atoms with Crippen LogP contribution in [0.15, 0.2) is 16.7 Å². The molecular formula is C16H24N2O2. The standard InChI is InChI=1S/C16H24N2O2/c1-3-17-9-4-6-14(17)15-7-5-10-18(15)16(19)13-8-11-20-12(13)2/h8,11,14-15H,3-7,9-10H2,1-2H3/t14-,15-/m0/s1. The van der Waals surface area contributed by atoms with E-state index >= 15 is 0 Å². The number of furan rings is 1. The fourth-order valence-corrected chi connectivity index (χ4v) is 3.89. The summed E-state index contributed by atoms with van der Waals surface area (Å²) in [7, 11) is 0. The second-order valence-electron chi connectivity index (χ2n) is 5.94. The molecule has 2 fully saturated rings. The summed E-state index contributed by atoms with van der Waals surface area (Å²) >= 11 is 0. The van der Waals surface area contributed by atoms with Crippen LogP contribution in [0.4, 0.5) is 0 Å². The molecule has 3 rings (SSSR count). The smallest absolute Gasteiger partial charge is 0.257 e. The molecule has 0 aromatic carbocycles. The third kappa shape index (κ3) is 2.26. The van der Waals surface area contributed by atoms with Crippen LogP contribution < -0.4 is 0 Å². The molecule has 0 radical (unpaired) electrons. The molecule has 0 N–H and O–H groups in total. The average molecular weight is 276 g/mol. The molecule has 2 saturated heterocycles. The zero-order valence-electron chi connectivity index (χ0n) is 12.5. The summed E-state index contributed by atoms with van der Waals surface area (Å²) < 4.78 is 5.29. The van der Waals surface area contributed by atoms with Crippen LogP contribution in [0.25, 0.3) is 0 Å². The highest BCUT2D eigenvalue weighted by molar-refractivity contribution is 5.95. The number of hydrogen-bond acceptors (Lipinski definition) is 3. The number of likely N-dealkylation sites (N-methyl/N-ethyl adjacent to an activating group) is 1. The summed E-state index contributed by atoms with van der Waals surface area (Å²) in [6.45, 7) is 7.26. The Hall–Kier alpha value is -1.29. The van der Waals surface area contributed by atoms with Gasteiger partial charge >= 0.3 is 0 Å². The molecule has 0 bridgehead atoms. The molecule has 0 saturated carbocycles. The highest BCUT2D eigenvalue weighted by atomic mass is 16.3. The van der Waals surface area contributed by atoms with Crippen molar-refractivity contribution in [1.82, 2.24) is 9.80 Å². The fourth-order valence-electron chi connectivity index (χ4n) is 3.89. The van der Waals surface area contributed by atoms with Crippen LogP contribution in [0.1, 0.15) is 48.7 Å². The topological polar surface area (TPSA) is 36.7 Å². The largest absolute Gasteiger partial charge is 0.469 e. The lowest BCUT2D eigenvalue weighted by molar-refractivity contribution is 0.0648. The van der Waals surface area contributed by atoms with Crippen molar-refractivity contribution >= 4 is 5.91 Å². The van der Waals surface area contributed by atoms with Gasteiger partial charge in [-0.05, 0) is 51.8 Å². The first-order valence-corrected chi connectivity index (χ1v) is 7.81. The lowest BCUT2D eigenvalue weighted by atomic mass is 10.0. The van der Waals surface area contributed by atoms with Gasteiger partial charge in [0.15, 0.2) is 0 Å². The molecule has 110 valence electrons. The number of rotatable bonds is 3. The van der Waals surface area contributed by atoms with Crippen molar-refractivity contribution in [3.63, 3.8) is 0 Å². The third-order valence-corrected chi connectivity index (χ3v) is 4.91. The van der Waals surface area contributed by atoms with Crippen molar-refractivity contribution in [3.8, 4) is 0 Å². The number of likely N-dealkylation sites (tertiary alicyclic amines) is 2. The molecule has 2 aliphatic heterocycles. The Morgan fingerprint density at radius 1 is 1.30 bits per heavy atom. The Bertz CT molecular complexity index is 483. The maximum absolute atomic E-state index is 12.7. The van der Waals surface area contributed by atoms with E-state index in [9.17, 15) is 4.79 Å². The third-order valence-electron chi connectivity index (χ3n) is 4.91. The van der Waals surface area contributed by atoms with E-state index in [2.05, 4.69) is 16.7 Å². The zero-order chi connectivity index (χ0) is 14.1. The summed E-state index contributed by atoms with van der Waals surface area (Å²) in [5.41, 5.74) is 0.734. The van der Waals surface area contributed by atoms with Gasteiger partial charge in [-0.1, -0.05) is 6.92 Å². The molecule has 1 amide bonds. The number of amides is 1. The van der Waals surface area contributed by atoms with E-state index in [1.165, 1.54) is 19.4 Å². The van der Waals surface area contributed by atoms with Gasteiger partial charge in [-0.25, -0.2) is 0 Å². The molecule has 3 heterocycles. The minimum atomic E-state index is 0.154. The number of hydrogen-bond donors (Lipinski definition) is 0. The normalized spacial score (nSPS) is 27.4. The Balaban J connectivity index is 1.79. The molecule has 20 heavy (non-hydrogen) atoms. The van der Waals surface area contributed by atoms with Crippen molar-refractivity contribution < 1.29 is 9.21 Å². The lowest BCUT2D eigenvalue weighted by Gasteiger charge is -2.34. The molecule has 2 aliphatic rings. The predicted molar refractivity (Wildman–Crippen MR) is 77.8 cm³/mol. The van der Waals surface area contributed by atoms with Gasteiger partial charge in [0, 0.05) is 18.6 Å². The second kappa shape index (κ2) is 5.60. The fraction of sp³-hybridized carbons (Fsp3) is 0.688. The van der Waals surface area contributed by atoms with Gasteiger partial charge in [0.2, 0.25) is 0 Å². The minimum absolute atomic E-state index is 0.154. The molecule has 0 spiro atoms. The SMILES string of the molecule is CCN1CCC[C@H]1[C@@H]1CCCN1C(=O)c1ccoc1C. The summed E-state index contributed by atoms with van der Waals surface area (Å²) in [6.07, 6.45) is 6.38. The van der Waals surface area contributed by atoms with Crippen molar-refractivity contribution in [2.45, 2.75) is 51.6 Å². The van der Waals surface area contributed by atoms with Crippen LogP contribution in [-0.2, 0) is 0 Å². The minimum Gasteiger partial charge on any atom is -0.469 e. The Labute approximate surface area is 120 Å². The van der Waals surface area contributed by atoms with Gasteiger partial charge in [-0.15, -0.1) is 0 Å². The van der Waals surface area contributed by atoms with Gasteiger partial charge < -0.3 is 9.32 Å². The monoisotopic (exact) mass is 276 g/mol. The maximum Gasteiger partial charge on any atom is 0.257 e. The van der Waals surface area contributed by atoms with Crippen LogP contribution in [0.5, 0.6) is 0 Å². The highest BCUT2D eigenvalue weighted by Gasteiger charge is 2.39. The second-order valence-corrected chi connectivity index (χ2v) is 5.94. The summed E-state index contributed by atoms with van der Waals surface area (Å²) in [4.78, 5) is 17.4. The van der Waals surface area contributed by atoms with Crippen molar-refractivity contribution in [1.29, 1.82) is 0 Å². The van der Waals surface area contributed by atoms with Crippen LogP contribution in [0.2, 0.25) is 0 Å². The van der Waals surface area contributed by atoms with E-state index in [1.807, 2.05) is 6.92 Å². The summed E-state index contributed by atoms with van der Waals surface area (Å²) in [5.74, 6) is 0.890. The Morgan fingerprint density at radius 3 is 2.75 bits per heavy atom. The van der Waals surface area contributed by atoms with Crippen molar-refractivity contribution in [2.75, 3.05) is 19.6 Å². The van der Waals surface area contributed by atoms with E-state index < -0.39 is 0 Å². The van der Waals surface area contributed by atoms with E-state index in [0.29, 0.717) is 12.1 Å². The van der Waals surface area contributed by atoms with Crippen LogP contribution in [0, 0.1) is 6.92 Å².